The highest BCUT2D eigenvalue weighted by molar-refractivity contribution is 6.33. The zero-order valence-electron chi connectivity index (χ0n) is 14.3. The van der Waals surface area contributed by atoms with E-state index in [0.717, 1.165) is 32.4 Å². The third-order valence-corrected chi connectivity index (χ3v) is 6.09. The van der Waals surface area contributed by atoms with Gasteiger partial charge < -0.3 is 15.1 Å². The average Bonchev–Trinajstić information content (AvgIpc) is 3.32. The molecule has 1 aromatic rings. The smallest absolute Gasteiger partial charge is 0.321 e. The maximum Gasteiger partial charge on any atom is 0.321 e. The normalized spacial score (nSPS) is 26.4. The fourth-order valence-corrected chi connectivity index (χ4v) is 4.30. The standard InChI is InChI=1S/C19H24ClN3O2/c20-15-4-1-2-5-16(15)21-18(25)23-11-9-19(13-23)8-3-10-22(17(19)24)12-14-6-7-14/h1-2,4-5,14H,3,6-13H2,(H,21,25)/t19-/m1/s1. The van der Waals surface area contributed by atoms with E-state index >= 15 is 0 Å². The van der Waals surface area contributed by atoms with Crippen LogP contribution in [0.5, 0.6) is 0 Å². The van der Waals surface area contributed by atoms with E-state index in [9.17, 15) is 9.59 Å². The van der Waals surface area contributed by atoms with Gasteiger partial charge in [-0.25, -0.2) is 4.79 Å². The number of urea groups is 1. The summed E-state index contributed by atoms with van der Waals surface area (Å²) in [6.45, 7) is 2.93. The number of likely N-dealkylation sites (tertiary alicyclic amines) is 2. The van der Waals surface area contributed by atoms with E-state index in [1.54, 1.807) is 17.0 Å². The van der Waals surface area contributed by atoms with Crippen LogP contribution in [0.25, 0.3) is 0 Å². The molecule has 0 unspecified atom stereocenters. The quantitative estimate of drug-likeness (QED) is 0.894. The number of halogens is 1. The first kappa shape index (κ1) is 16.7. The number of anilines is 1. The topological polar surface area (TPSA) is 52.7 Å². The van der Waals surface area contributed by atoms with E-state index in [-0.39, 0.29) is 17.4 Å². The molecule has 1 spiro atoms. The van der Waals surface area contributed by atoms with Crippen molar-refractivity contribution in [1.82, 2.24) is 9.80 Å². The molecule has 1 aliphatic carbocycles. The molecule has 2 saturated heterocycles. The second-order valence-electron chi connectivity index (χ2n) is 7.66. The number of para-hydroxylation sites is 1. The van der Waals surface area contributed by atoms with E-state index < -0.39 is 0 Å². The van der Waals surface area contributed by atoms with Gasteiger partial charge in [-0.05, 0) is 50.2 Å². The van der Waals surface area contributed by atoms with Gasteiger partial charge in [-0.3, -0.25) is 4.79 Å². The molecule has 0 radical (unpaired) electrons. The van der Waals surface area contributed by atoms with Crippen LogP contribution in [0.2, 0.25) is 5.02 Å². The van der Waals surface area contributed by atoms with Crippen LogP contribution in [0.4, 0.5) is 10.5 Å². The van der Waals surface area contributed by atoms with E-state index in [0.29, 0.717) is 29.7 Å². The zero-order chi connectivity index (χ0) is 17.4. The fourth-order valence-electron chi connectivity index (χ4n) is 4.12. The lowest BCUT2D eigenvalue weighted by molar-refractivity contribution is -0.145. The molecule has 5 nitrogen and oxygen atoms in total. The maximum atomic E-state index is 13.0. The fraction of sp³-hybridized carbons (Fsp3) is 0.579. The van der Waals surface area contributed by atoms with Gasteiger partial charge in [0.05, 0.1) is 16.1 Å². The SMILES string of the molecule is O=C(Nc1ccccc1Cl)N1CC[C@]2(CCCN(CC3CC3)C2=O)C1. The van der Waals surface area contributed by atoms with Crippen LogP contribution in [0.1, 0.15) is 32.1 Å². The first-order valence-electron chi connectivity index (χ1n) is 9.17. The van der Waals surface area contributed by atoms with Crippen molar-refractivity contribution in [3.8, 4) is 0 Å². The third-order valence-electron chi connectivity index (χ3n) is 5.76. The maximum absolute atomic E-state index is 13.0. The molecule has 6 heteroatoms. The van der Waals surface area contributed by atoms with Crippen molar-refractivity contribution >= 4 is 29.2 Å². The zero-order valence-corrected chi connectivity index (χ0v) is 15.1. The monoisotopic (exact) mass is 361 g/mol. The first-order valence-corrected chi connectivity index (χ1v) is 9.55. The largest absolute Gasteiger partial charge is 0.342 e. The van der Waals surface area contributed by atoms with Gasteiger partial charge in [-0.15, -0.1) is 0 Å². The Bertz CT molecular complexity index is 691. The van der Waals surface area contributed by atoms with E-state index in [2.05, 4.69) is 10.2 Å². The number of hydrogen-bond donors (Lipinski definition) is 1. The van der Waals surface area contributed by atoms with Gasteiger partial charge in [0.15, 0.2) is 0 Å². The van der Waals surface area contributed by atoms with Crippen molar-refractivity contribution in [1.29, 1.82) is 0 Å². The Balaban J connectivity index is 1.42. The van der Waals surface area contributed by atoms with Crippen molar-refractivity contribution in [2.75, 3.05) is 31.5 Å². The van der Waals surface area contributed by atoms with Crippen LogP contribution >= 0.6 is 11.6 Å². The van der Waals surface area contributed by atoms with Crippen molar-refractivity contribution in [3.63, 3.8) is 0 Å². The summed E-state index contributed by atoms with van der Waals surface area (Å²) >= 11 is 6.12. The van der Waals surface area contributed by atoms with Crippen molar-refractivity contribution in [3.05, 3.63) is 29.3 Å². The summed E-state index contributed by atoms with van der Waals surface area (Å²) in [5.41, 5.74) is 0.241. The summed E-state index contributed by atoms with van der Waals surface area (Å²) in [4.78, 5) is 29.5. The van der Waals surface area contributed by atoms with Gasteiger partial charge >= 0.3 is 6.03 Å². The van der Waals surface area contributed by atoms with Gasteiger partial charge in [0.1, 0.15) is 0 Å². The highest BCUT2D eigenvalue weighted by Crippen LogP contribution is 2.41. The number of nitrogens with zero attached hydrogens (tertiary/aromatic N) is 2. The van der Waals surface area contributed by atoms with Crippen LogP contribution in [0, 0.1) is 11.3 Å². The van der Waals surface area contributed by atoms with E-state index in [1.165, 1.54) is 12.8 Å². The molecule has 1 aromatic carbocycles. The predicted molar refractivity (Wildman–Crippen MR) is 97.6 cm³/mol. The average molecular weight is 362 g/mol. The highest BCUT2D eigenvalue weighted by Gasteiger charge is 2.50. The summed E-state index contributed by atoms with van der Waals surface area (Å²) in [5, 5.41) is 3.39. The molecule has 134 valence electrons. The molecule has 25 heavy (non-hydrogen) atoms. The Labute approximate surface area is 153 Å². The second kappa shape index (κ2) is 6.52. The number of benzene rings is 1. The Kier molecular flexibility index (Phi) is 4.36. The predicted octanol–water partition coefficient (Wildman–Crippen LogP) is 3.60. The molecule has 0 bridgehead atoms. The number of hydrogen-bond acceptors (Lipinski definition) is 2. The number of nitrogens with one attached hydrogen (secondary N) is 1. The van der Waals surface area contributed by atoms with E-state index in [1.807, 2.05) is 12.1 Å². The number of piperidine rings is 1. The number of carbonyl (C=O) groups is 2. The molecule has 2 aliphatic heterocycles. The van der Waals surface area contributed by atoms with Crippen molar-refractivity contribution in [2.24, 2.45) is 11.3 Å². The van der Waals surface area contributed by atoms with Gasteiger partial charge in [0.2, 0.25) is 5.91 Å². The molecule has 1 N–H and O–H groups in total. The number of carbonyl (C=O) groups excluding carboxylic acids is 2. The minimum absolute atomic E-state index is 0.169. The summed E-state index contributed by atoms with van der Waals surface area (Å²) in [7, 11) is 0. The Morgan fingerprint density at radius 2 is 2.04 bits per heavy atom. The minimum atomic E-state index is -0.370. The first-order chi connectivity index (χ1) is 12.1. The summed E-state index contributed by atoms with van der Waals surface area (Å²) < 4.78 is 0. The molecule has 3 fully saturated rings. The van der Waals surface area contributed by atoms with Gasteiger partial charge in [0, 0.05) is 26.2 Å². The Hall–Kier alpha value is -1.75. The summed E-state index contributed by atoms with van der Waals surface area (Å²) in [6.07, 6.45) is 5.20. The Morgan fingerprint density at radius 1 is 1.24 bits per heavy atom. The molecule has 2 heterocycles. The lowest BCUT2D eigenvalue weighted by Crippen LogP contribution is -2.51. The summed E-state index contributed by atoms with van der Waals surface area (Å²) in [6, 6.07) is 7.04. The van der Waals surface area contributed by atoms with Crippen LogP contribution in [0.15, 0.2) is 24.3 Å². The third kappa shape index (κ3) is 3.34. The lowest BCUT2D eigenvalue weighted by Gasteiger charge is -2.39. The number of amides is 3. The lowest BCUT2D eigenvalue weighted by atomic mass is 9.78. The van der Waals surface area contributed by atoms with Crippen LogP contribution < -0.4 is 5.32 Å². The summed E-state index contributed by atoms with van der Waals surface area (Å²) in [5.74, 6) is 0.971. The molecular weight excluding hydrogens is 338 g/mol. The van der Waals surface area contributed by atoms with Crippen LogP contribution in [-0.4, -0.2) is 47.9 Å². The van der Waals surface area contributed by atoms with Crippen LogP contribution in [0.3, 0.4) is 0 Å². The highest BCUT2D eigenvalue weighted by atomic mass is 35.5. The second-order valence-corrected chi connectivity index (χ2v) is 8.07. The van der Waals surface area contributed by atoms with Gasteiger partial charge in [0.25, 0.3) is 0 Å². The van der Waals surface area contributed by atoms with Gasteiger partial charge in [-0.2, -0.15) is 0 Å². The van der Waals surface area contributed by atoms with E-state index in [4.69, 9.17) is 11.6 Å². The van der Waals surface area contributed by atoms with Crippen molar-refractivity contribution in [2.45, 2.75) is 32.1 Å². The minimum Gasteiger partial charge on any atom is -0.342 e. The number of rotatable bonds is 3. The molecule has 1 atom stereocenters. The molecule has 3 amide bonds. The molecule has 3 aliphatic rings. The van der Waals surface area contributed by atoms with Crippen molar-refractivity contribution < 1.29 is 9.59 Å². The Morgan fingerprint density at radius 3 is 2.80 bits per heavy atom. The van der Waals surface area contributed by atoms with Crippen LogP contribution in [-0.2, 0) is 4.79 Å². The molecule has 0 aromatic heterocycles. The molecular formula is C19H24ClN3O2. The molecule has 1 saturated carbocycles. The van der Waals surface area contributed by atoms with Gasteiger partial charge in [-0.1, -0.05) is 23.7 Å². The molecule has 4 rings (SSSR count).